The molecule has 1 nitrogen and oxygen atoms in total. The van der Waals surface area contributed by atoms with E-state index in [1.165, 1.54) is 20.4 Å². The first-order valence-electron chi connectivity index (χ1n) is 6.90. The standard InChI is InChI=1S/C17H17FIN/c1-11-2-7-15(10-17(11)19)20-16-8-13(9-16)12-3-5-14(18)6-4-12/h2-7,10,13,16,20H,8-9H2,1H3. The molecular weight excluding hydrogens is 364 g/mol. The van der Waals surface area contributed by atoms with Gasteiger partial charge in [0.1, 0.15) is 5.82 Å². The van der Waals surface area contributed by atoms with Gasteiger partial charge in [-0.05, 0) is 83.7 Å². The van der Waals surface area contributed by atoms with Gasteiger partial charge >= 0.3 is 0 Å². The van der Waals surface area contributed by atoms with Crippen LogP contribution < -0.4 is 5.32 Å². The third-order valence-corrected chi connectivity index (χ3v) is 5.18. The summed E-state index contributed by atoms with van der Waals surface area (Å²) in [6.07, 6.45) is 2.24. The van der Waals surface area contributed by atoms with E-state index in [9.17, 15) is 4.39 Å². The Kier molecular flexibility index (Phi) is 3.96. The molecule has 0 bridgehead atoms. The monoisotopic (exact) mass is 381 g/mol. The second-order valence-corrected chi connectivity index (χ2v) is 6.69. The Morgan fingerprint density at radius 1 is 1.10 bits per heavy atom. The zero-order valence-electron chi connectivity index (χ0n) is 11.4. The molecule has 104 valence electrons. The first-order valence-corrected chi connectivity index (χ1v) is 7.98. The van der Waals surface area contributed by atoms with Crippen LogP contribution in [0.2, 0.25) is 0 Å². The summed E-state index contributed by atoms with van der Waals surface area (Å²) in [6, 6.07) is 13.9. The average molecular weight is 381 g/mol. The Hall–Kier alpha value is -1.10. The van der Waals surface area contributed by atoms with E-state index >= 15 is 0 Å². The van der Waals surface area contributed by atoms with E-state index in [4.69, 9.17) is 0 Å². The van der Waals surface area contributed by atoms with E-state index in [0.29, 0.717) is 12.0 Å². The lowest BCUT2D eigenvalue weighted by molar-refractivity contribution is 0.374. The van der Waals surface area contributed by atoms with Gasteiger partial charge in [0.15, 0.2) is 0 Å². The van der Waals surface area contributed by atoms with Crippen LogP contribution in [0.3, 0.4) is 0 Å². The Balaban J connectivity index is 1.58. The number of hydrogen-bond acceptors (Lipinski definition) is 1. The molecule has 1 N–H and O–H groups in total. The molecule has 0 aromatic heterocycles. The van der Waals surface area contributed by atoms with Gasteiger partial charge in [-0.15, -0.1) is 0 Å². The maximum absolute atomic E-state index is 12.9. The summed E-state index contributed by atoms with van der Waals surface area (Å²) in [5, 5.41) is 3.58. The van der Waals surface area contributed by atoms with Crippen molar-refractivity contribution in [2.75, 3.05) is 5.32 Å². The second kappa shape index (κ2) is 5.72. The number of benzene rings is 2. The van der Waals surface area contributed by atoms with E-state index in [1.807, 2.05) is 12.1 Å². The highest BCUT2D eigenvalue weighted by atomic mass is 127. The van der Waals surface area contributed by atoms with Gasteiger partial charge in [0, 0.05) is 15.3 Å². The van der Waals surface area contributed by atoms with Crippen molar-refractivity contribution in [3.05, 3.63) is 63.0 Å². The lowest BCUT2D eigenvalue weighted by Crippen LogP contribution is -2.34. The van der Waals surface area contributed by atoms with Gasteiger partial charge in [-0.3, -0.25) is 0 Å². The van der Waals surface area contributed by atoms with Crippen LogP contribution in [-0.2, 0) is 0 Å². The topological polar surface area (TPSA) is 12.0 Å². The zero-order chi connectivity index (χ0) is 14.1. The summed E-state index contributed by atoms with van der Waals surface area (Å²) in [6.45, 7) is 2.12. The molecule has 1 saturated carbocycles. The average Bonchev–Trinajstić information content (AvgIpc) is 2.39. The van der Waals surface area contributed by atoms with Crippen LogP contribution in [0.25, 0.3) is 0 Å². The molecular formula is C17H17FIN. The molecule has 20 heavy (non-hydrogen) atoms. The molecule has 1 aliphatic carbocycles. The van der Waals surface area contributed by atoms with Crippen molar-refractivity contribution >= 4 is 28.3 Å². The van der Waals surface area contributed by atoms with Crippen LogP contribution in [0.15, 0.2) is 42.5 Å². The first-order chi connectivity index (χ1) is 9.61. The molecule has 2 aromatic carbocycles. The summed E-state index contributed by atoms with van der Waals surface area (Å²) in [5.41, 5.74) is 3.76. The largest absolute Gasteiger partial charge is 0.382 e. The van der Waals surface area contributed by atoms with Crippen LogP contribution >= 0.6 is 22.6 Å². The molecule has 0 saturated heterocycles. The first kappa shape index (κ1) is 13.9. The molecule has 0 aliphatic heterocycles. The zero-order valence-corrected chi connectivity index (χ0v) is 13.5. The van der Waals surface area contributed by atoms with E-state index in [-0.39, 0.29) is 5.82 Å². The van der Waals surface area contributed by atoms with Crippen LogP contribution in [0, 0.1) is 16.3 Å². The molecule has 0 atom stereocenters. The van der Waals surface area contributed by atoms with Gasteiger partial charge in [0.2, 0.25) is 0 Å². The second-order valence-electron chi connectivity index (χ2n) is 5.53. The van der Waals surface area contributed by atoms with Crippen molar-refractivity contribution in [3.8, 4) is 0 Å². The van der Waals surface area contributed by atoms with Crippen molar-refractivity contribution < 1.29 is 4.39 Å². The van der Waals surface area contributed by atoms with Gasteiger partial charge in [0.05, 0.1) is 0 Å². The van der Waals surface area contributed by atoms with Crippen molar-refractivity contribution in [3.63, 3.8) is 0 Å². The number of halogens is 2. The van der Waals surface area contributed by atoms with E-state index < -0.39 is 0 Å². The molecule has 3 heteroatoms. The number of nitrogens with one attached hydrogen (secondary N) is 1. The maximum atomic E-state index is 12.9. The van der Waals surface area contributed by atoms with Crippen molar-refractivity contribution in [1.82, 2.24) is 0 Å². The van der Waals surface area contributed by atoms with Crippen LogP contribution in [0.1, 0.15) is 29.9 Å². The smallest absolute Gasteiger partial charge is 0.123 e. The highest BCUT2D eigenvalue weighted by Crippen LogP contribution is 2.38. The Morgan fingerprint density at radius 2 is 1.80 bits per heavy atom. The predicted molar refractivity (Wildman–Crippen MR) is 89.7 cm³/mol. The van der Waals surface area contributed by atoms with E-state index in [1.54, 1.807) is 12.1 Å². The van der Waals surface area contributed by atoms with Crippen LogP contribution in [0.4, 0.5) is 10.1 Å². The summed E-state index contributed by atoms with van der Waals surface area (Å²) in [7, 11) is 0. The van der Waals surface area contributed by atoms with Crippen molar-refractivity contribution in [2.24, 2.45) is 0 Å². The van der Waals surface area contributed by atoms with Crippen molar-refractivity contribution in [2.45, 2.75) is 31.7 Å². The molecule has 0 spiro atoms. The number of rotatable bonds is 3. The van der Waals surface area contributed by atoms with Crippen LogP contribution in [0.5, 0.6) is 0 Å². The molecule has 1 fully saturated rings. The fraction of sp³-hybridized carbons (Fsp3) is 0.294. The molecule has 0 unspecified atom stereocenters. The Morgan fingerprint density at radius 3 is 2.45 bits per heavy atom. The highest BCUT2D eigenvalue weighted by Gasteiger charge is 2.30. The summed E-state index contributed by atoms with van der Waals surface area (Å²) >= 11 is 2.37. The van der Waals surface area contributed by atoms with Crippen LogP contribution in [-0.4, -0.2) is 6.04 Å². The third kappa shape index (κ3) is 2.97. The molecule has 0 amide bonds. The maximum Gasteiger partial charge on any atom is 0.123 e. The Labute approximate surface area is 132 Å². The number of anilines is 1. The quantitative estimate of drug-likeness (QED) is 0.730. The SMILES string of the molecule is Cc1ccc(NC2CC(c3ccc(F)cc3)C2)cc1I. The Bertz CT molecular complexity index is 603. The fourth-order valence-corrected chi connectivity index (χ4v) is 3.18. The van der Waals surface area contributed by atoms with Gasteiger partial charge < -0.3 is 5.32 Å². The summed E-state index contributed by atoms with van der Waals surface area (Å²) in [5.74, 6) is 0.412. The van der Waals surface area contributed by atoms with Gasteiger partial charge in [-0.2, -0.15) is 0 Å². The lowest BCUT2D eigenvalue weighted by atomic mass is 9.76. The summed E-state index contributed by atoms with van der Waals surface area (Å²) in [4.78, 5) is 0. The molecule has 2 aromatic rings. The normalized spacial score (nSPS) is 21.4. The number of aryl methyl sites for hydroxylation is 1. The lowest BCUT2D eigenvalue weighted by Gasteiger charge is -2.37. The van der Waals surface area contributed by atoms with E-state index in [0.717, 1.165) is 12.8 Å². The highest BCUT2D eigenvalue weighted by molar-refractivity contribution is 14.1. The summed E-state index contributed by atoms with van der Waals surface area (Å²) < 4.78 is 14.2. The van der Waals surface area contributed by atoms with Gasteiger partial charge in [-0.25, -0.2) is 4.39 Å². The number of hydrogen-bond donors (Lipinski definition) is 1. The molecule has 0 heterocycles. The fourth-order valence-electron chi connectivity index (χ4n) is 2.66. The minimum Gasteiger partial charge on any atom is -0.382 e. The van der Waals surface area contributed by atoms with Crippen molar-refractivity contribution in [1.29, 1.82) is 0 Å². The van der Waals surface area contributed by atoms with Gasteiger partial charge in [0.25, 0.3) is 0 Å². The minimum absolute atomic E-state index is 0.156. The van der Waals surface area contributed by atoms with E-state index in [2.05, 4.69) is 53.0 Å². The molecule has 0 radical (unpaired) electrons. The molecule has 1 aliphatic rings. The predicted octanol–water partition coefficient (Wildman–Crippen LogP) is 5.10. The van der Waals surface area contributed by atoms with Gasteiger partial charge in [-0.1, -0.05) is 18.2 Å². The molecule has 3 rings (SSSR count). The third-order valence-electron chi connectivity index (χ3n) is 4.02. The minimum atomic E-state index is -0.156.